The molecule has 182 valence electrons. The predicted molar refractivity (Wildman–Crippen MR) is 142 cm³/mol. The van der Waals surface area contributed by atoms with E-state index >= 15 is 0 Å². The highest BCUT2D eigenvalue weighted by Gasteiger charge is 2.24. The third-order valence-corrected chi connectivity index (χ3v) is 7.38. The number of anilines is 1. The minimum atomic E-state index is 0.113. The first-order valence-electron chi connectivity index (χ1n) is 12.7. The molecule has 4 aromatic rings. The van der Waals surface area contributed by atoms with Gasteiger partial charge in [-0.15, -0.1) is 0 Å². The number of hydrogen-bond acceptors (Lipinski definition) is 5. The van der Waals surface area contributed by atoms with Crippen molar-refractivity contribution >= 4 is 17.1 Å². The summed E-state index contributed by atoms with van der Waals surface area (Å²) in [4.78, 5) is 21.1. The Hall–Kier alpha value is -3.28. The zero-order valence-corrected chi connectivity index (χ0v) is 21.6. The molecule has 5 rings (SSSR count). The van der Waals surface area contributed by atoms with Crippen molar-refractivity contribution in [2.45, 2.75) is 58.8 Å². The van der Waals surface area contributed by atoms with Crippen LogP contribution in [0.2, 0.25) is 0 Å². The van der Waals surface area contributed by atoms with Crippen molar-refractivity contribution in [2.75, 3.05) is 18.0 Å². The van der Waals surface area contributed by atoms with Crippen molar-refractivity contribution in [1.82, 2.24) is 24.5 Å². The maximum atomic E-state index is 5.14. The van der Waals surface area contributed by atoms with Gasteiger partial charge in [-0.1, -0.05) is 39.0 Å². The van der Waals surface area contributed by atoms with E-state index in [0.717, 1.165) is 61.6 Å². The molecular formula is C29H36N6. The van der Waals surface area contributed by atoms with Gasteiger partial charge in [-0.25, -0.2) is 9.97 Å². The maximum Gasteiger partial charge on any atom is 0.227 e. The Kier molecular flexibility index (Phi) is 6.30. The van der Waals surface area contributed by atoms with E-state index in [1.54, 1.807) is 0 Å². The quantitative estimate of drug-likeness (QED) is 0.392. The Morgan fingerprint density at radius 1 is 1.00 bits per heavy atom. The predicted octanol–water partition coefficient (Wildman–Crippen LogP) is 5.41. The van der Waals surface area contributed by atoms with Gasteiger partial charge in [0.1, 0.15) is 5.52 Å². The van der Waals surface area contributed by atoms with E-state index in [-0.39, 0.29) is 5.41 Å². The summed E-state index contributed by atoms with van der Waals surface area (Å²) < 4.78 is 2.05. The summed E-state index contributed by atoms with van der Waals surface area (Å²) in [7, 11) is 2.03. The molecule has 0 aliphatic carbocycles. The number of fused-ring (bicyclic) bond motifs is 1. The lowest BCUT2D eigenvalue weighted by Gasteiger charge is -2.32. The van der Waals surface area contributed by atoms with Crippen LogP contribution in [0.3, 0.4) is 0 Å². The summed E-state index contributed by atoms with van der Waals surface area (Å²) in [6.07, 6.45) is 9.82. The second-order valence-corrected chi connectivity index (χ2v) is 11.1. The molecule has 6 nitrogen and oxygen atoms in total. The molecular weight excluding hydrogens is 432 g/mol. The van der Waals surface area contributed by atoms with Crippen LogP contribution in [0.4, 0.5) is 5.95 Å². The molecule has 0 atom stereocenters. The zero-order valence-electron chi connectivity index (χ0n) is 21.6. The monoisotopic (exact) mass is 468 g/mol. The number of pyridine rings is 1. The van der Waals surface area contributed by atoms with Crippen molar-refractivity contribution in [2.24, 2.45) is 13.0 Å². The third-order valence-electron chi connectivity index (χ3n) is 7.38. The van der Waals surface area contributed by atoms with Crippen LogP contribution in [0.25, 0.3) is 11.2 Å². The molecule has 1 saturated heterocycles. The van der Waals surface area contributed by atoms with Gasteiger partial charge in [-0.05, 0) is 71.9 Å². The van der Waals surface area contributed by atoms with Gasteiger partial charge in [-0.3, -0.25) is 4.98 Å². The maximum absolute atomic E-state index is 5.14. The molecule has 0 radical (unpaired) electrons. The molecule has 0 N–H and O–H groups in total. The summed E-state index contributed by atoms with van der Waals surface area (Å²) >= 11 is 0. The fraction of sp³-hybridized carbons (Fsp3) is 0.448. The number of aromatic nitrogens is 5. The molecule has 4 heterocycles. The molecule has 3 aromatic heterocycles. The normalized spacial score (nSPS) is 15.2. The van der Waals surface area contributed by atoms with Crippen LogP contribution in [-0.4, -0.2) is 37.6 Å². The smallest absolute Gasteiger partial charge is 0.227 e. The molecule has 0 amide bonds. The van der Waals surface area contributed by atoms with Gasteiger partial charge in [0.25, 0.3) is 0 Å². The summed E-state index contributed by atoms with van der Waals surface area (Å²) in [6.45, 7) is 10.9. The summed E-state index contributed by atoms with van der Waals surface area (Å²) in [5.41, 5.74) is 8.33. The van der Waals surface area contributed by atoms with Crippen LogP contribution < -0.4 is 4.90 Å². The van der Waals surface area contributed by atoms with Gasteiger partial charge in [-0.2, -0.15) is 4.98 Å². The standard InChI is InChI=1S/C29H36N6/c1-20-6-7-24(29(2,3)4)17-23(20)18-25-26-27(31-19-34(26)5)33-28(32-25)35-14-10-22(11-15-35)16-21-8-12-30-13-9-21/h6-9,12-13,17,19,22H,10-11,14-16,18H2,1-5H3. The second kappa shape index (κ2) is 9.40. The molecule has 0 bridgehead atoms. The van der Waals surface area contributed by atoms with Crippen molar-refractivity contribution in [3.05, 3.63) is 77.0 Å². The Labute approximate surface area is 208 Å². The van der Waals surface area contributed by atoms with E-state index < -0.39 is 0 Å². The van der Waals surface area contributed by atoms with Gasteiger partial charge in [0.15, 0.2) is 5.65 Å². The average Bonchev–Trinajstić information content (AvgIpc) is 3.22. The van der Waals surface area contributed by atoms with Crippen molar-refractivity contribution in [3.8, 4) is 0 Å². The first kappa shape index (κ1) is 23.5. The molecule has 0 unspecified atom stereocenters. The molecule has 1 aromatic carbocycles. The molecule has 0 spiro atoms. The average molecular weight is 469 g/mol. The molecule has 6 heteroatoms. The van der Waals surface area contributed by atoms with Crippen LogP contribution in [-0.2, 0) is 25.3 Å². The van der Waals surface area contributed by atoms with E-state index in [2.05, 4.69) is 77.5 Å². The second-order valence-electron chi connectivity index (χ2n) is 11.1. The highest BCUT2D eigenvalue weighted by atomic mass is 15.3. The van der Waals surface area contributed by atoms with E-state index in [1.807, 2.05) is 25.8 Å². The Morgan fingerprint density at radius 2 is 1.74 bits per heavy atom. The largest absolute Gasteiger partial charge is 0.341 e. The highest BCUT2D eigenvalue weighted by Crippen LogP contribution is 2.29. The van der Waals surface area contributed by atoms with E-state index in [9.17, 15) is 0 Å². The molecule has 1 aliphatic heterocycles. The van der Waals surface area contributed by atoms with Gasteiger partial charge in [0, 0.05) is 39.0 Å². The van der Waals surface area contributed by atoms with Crippen molar-refractivity contribution in [1.29, 1.82) is 0 Å². The fourth-order valence-electron chi connectivity index (χ4n) is 5.09. The van der Waals surface area contributed by atoms with Gasteiger partial charge in [0.2, 0.25) is 5.95 Å². The number of hydrogen-bond donors (Lipinski definition) is 0. The van der Waals surface area contributed by atoms with E-state index in [0.29, 0.717) is 5.92 Å². The van der Waals surface area contributed by atoms with Gasteiger partial charge < -0.3 is 9.47 Å². The molecule has 1 fully saturated rings. The third kappa shape index (κ3) is 5.07. The Bertz CT molecular complexity index is 1310. The number of aryl methyl sites for hydroxylation is 2. The molecule has 0 saturated carbocycles. The number of nitrogens with zero attached hydrogens (tertiary/aromatic N) is 6. The lowest BCUT2D eigenvalue weighted by molar-refractivity contribution is 0.400. The van der Waals surface area contributed by atoms with Crippen LogP contribution in [0.1, 0.15) is 61.6 Å². The summed E-state index contributed by atoms with van der Waals surface area (Å²) in [6, 6.07) is 11.1. The zero-order chi connectivity index (χ0) is 24.6. The summed E-state index contributed by atoms with van der Waals surface area (Å²) in [5.74, 6) is 1.51. The first-order valence-corrected chi connectivity index (χ1v) is 12.7. The highest BCUT2D eigenvalue weighted by molar-refractivity contribution is 5.75. The van der Waals surface area contributed by atoms with E-state index in [1.165, 1.54) is 22.3 Å². The van der Waals surface area contributed by atoms with Crippen molar-refractivity contribution < 1.29 is 0 Å². The van der Waals surface area contributed by atoms with Crippen molar-refractivity contribution in [3.63, 3.8) is 0 Å². The van der Waals surface area contributed by atoms with Crippen LogP contribution in [0, 0.1) is 12.8 Å². The minimum Gasteiger partial charge on any atom is -0.341 e. The fourth-order valence-corrected chi connectivity index (χ4v) is 5.09. The number of rotatable bonds is 5. The lowest BCUT2D eigenvalue weighted by atomic mass is 9.84. The molecule has 1 aliphatic rings. The molecule has 35 heavy (non-hydrogen) atoms. The van der Waals surface area contributed by atoms with Gasteiger partial charge in [0.05, 0.1) is 12.0 Å². The minimum absolute atomic E-state index is 0.113. The lowest BCUT2D eigenvalue weighted by Crippen LogP contribution is -2.35. The van der Waals surface area contributed by atoms with Crippen LogP contribution in [0.15, 0.2) is 49.1 Å². The van der Waals surface area contributed by atoms with E-state index in [4.69, 9.17) is 9.97 Å². The SMILES string of the molecule is Cc1ccc(C(C)(C)C)cc1Cc1nc(N2CCC(Cc3ccncc3)CC2)nc2ncn(C)c12. The first-order chi connectivity index (χ1) is 16.8. The van der Waals surface area contributed by atoms with Crippen LogP contribution >= 0.6 is 0 Å². The van der Waals surface area contributed by atoms with Gasteiger partial charge >= 0.3 is 0 Å². The Morgan fingerprint density at radius 3 is 2.46 bits per heavy atom. The number of imidazole rings is 1. The Balaban J connectivity index is 1.40. The summed E-state index contributed by atoms with van der Waals surface area (Å²) in [5, 5.41) is 0. The van der Waals surface area contributed by atoms with Crippen LogP contribution in [0.5, 0.6) is 0 Å². The number of benzene rings is 1. The topological polar surface area (TPSA) is 59.7 Å². The number of piperidine rings is 1.